The molecule has 1 aromatic rings. The Kier molecular flexibility index (Phi) is 4.87. The van der Waals surface area contributed by atoms with Crippen molar-refractivity contribution in [2.24, 2.45) is 5.41 Å². The predicted molar refractivity (Wildman–Crippen MR) is 74.3 cm³/mol. The van der Waals surface area contributed by atoms with Crippen molar-refractivity contribution in [2.75, 3.05) is 12.9 Å². The lowest BCUT2D eigenvalue weighted by Gasteiger charge is -2.21. The molecule has 0 radical (unpaired) electrons. The summed E-state index contributed by atoms with van der Waals surface area (Å²) >= 11 is 11.8. The van der Waals surface area contributed by atoms with E-state index in [1.165, 1.54) is 33.1 Å². The lowest BCUT2D eigenvalue weighted by molar-refractivity contribution is -0.149. The Hall–Kier alpha value is -0.780. The molecule has 0 bridgehead atoms. The average molecular weight is 325 g/mol. The standard InChI is InChI=1S/C12H14Cl2O4S/c1-12(2,11(15)18-3)7-19(16,17)10-8(13)5-4-6-9(10)14/h4-6H,7H2,1-3H3. The maximum Gasteiger partial charge on any atom is 0.312 e. The number of ether oxygens (including phenoxy) is 1. The van der Waals surface area contributed by atoms with Gasteiger partial charge in [0.1, 0.15) is 4.90 Å². The van der Waals surface area contributed by atoms with Crippen LogP contribution in [0.2, 0.25) is 10.0 Å². The molecule has 0 aliphatic heterocycles. The van der Waals surface area contributed by atoms with Crippen LogP contribution in [0.4, 0.5) is 0 Å². The van der Waals surface area contributed by atoms with Crippen LogP contribution in [0.15, 0.2) is 23.1 Å². The van der Waals surface area contributed by atoms with Crippen molar-refractivity contribution in [1.29, 1.82) is 0 Å². The molecule has 0 aliphatic rings. The number of benzene rings is 1. The minimum absolute atomic E-state index is 0.0353. The van der Waals surface area contributed by atoms with Crippen LogP contribution < -0.4 is 0 Å². The van der Waals surface area contributed by atoms with E-state index in [2.05, 4.69) is 4.74 Å². The fraction of sp³-hybridized carbons (Fsp3) is 0.417. The van der Waals surface area contributed by atoms with Gasteiger partial charge in [0.05, 0.1) is 28.3 Å². The van der Waals surface area contributed by atoms with E-state index in [9.17, 15) is 13.2 Å². The number of hydrogen-bond acceptors (Lipinski definition) is 4. The van der Waals surface area contributed by atoms with Crippen molar-refractivity contribution >= 4 is 39.0 Å². The van der Waals surface area contributed by atoms with Gasteiger partial charge in [-0.3, -0.25) is 4.79 Å². The highest BCUT2D eigenvalue weighted by Crippen LogP contribution is 2.33. The fourth-order valence-electron chi connectivity index (χ4n) is 1.66. The molecule has 0 heterocycles. The molecule has 0 saturated heterocycles. The quantitative estimate of drug-likeness (QED) is 0.799. The van der Waals surface area contributed by atoms with Gasteiger partial charge in [-0.15, -0.1) is 0 Å². The van der Waals surface area contributed by atoms with E-state index in [-0.39, 0.29) is 14.9 Å². The molecule has 1 aromatic carbocycles. The highest BCUT2D eigenvalue weighted by atomic mass is 35.5. The molecule has 0 amide bonds. The zero-order valence-electron chi connectivity index (χ0n) is 10.7. The van der Waals surface area contributed by atoms with Crippen molar-refractivity contribution in [3.8, 4) is 0 Å². The Bertz CT molecular complexity index is 573. The third kappa shape index (κ3) is 3.61. The van der Waals surface area contributed by atoms with E-state index < -0.39 is 27.0 Å². The van der Waals surface area contributed by atoms with Gasteiger partial charge in [-0.05, 0) is 26.0 Å². The second kappa shape index (κ2) is 5.69. The summed E-state index contributed by atoms with van der Waals surface area (Å²) in [6, 6.07) is 4.42. The summed E-state index contributed by atoms with van der Waals surface area (Å²) in [4.78, 5) is 11.4. The molecule has 0 aromatic heterocycles. The molecule has 0 atom stereocenters. The van der Waals surface area contributed by atoms with Gasteiger partial charge in [-0.2, -0.15) is 0 Å². The first-order chi connectivity index (χ1) is 8.62. The molecule has 106 valence electrons. The van der Waals surface area contributed by atoms with Gasteiger partial charge in [0.15, 0.2) is 9.84 Å². The van der Waals surface area contributed by atoms with Gasteiger partial charge < -0.3 is 4.74 Å². The maximum atomic E-state index is 12.3. The third-order valence-corrected chi connectivity index (χ3v) is 5.54. The molecule has 4 nitrogen and oxygen atoms in total. The maximum absolute atomic E-state index is 12.3. The van der Waals surface area contributed by atoms with Crippen molar-refractivity contribution < 1.29 is 17.9 Å². The predicted octanol–water partition coefficient (Wildman–Crippen LogP) is 2.97. The van der Waals surface area contributed by atoms with Crippen LogP contribution in [0.25, 0.3) is 0 Å². The molecule has 7 heteroatoms. The van der Waals surface area contributed by atoms with Crippen molar-refractivity contribution in [2.45, 2.75) is 18.7 Å². The van der Waals surface area contributed by atoms with E-state index in [1.807, 2.05) is 0 Å². The molecule has 0 N–H and O–H groups in total. The number of hydrogen-bond donors (Lipinski definition) is 0. The van der Waals surface area contributed by atoms with Crippen molar-refractivity contribution in [1.82, 2.24) is 0 Å². The highest BCUT2D eigenvalue weighted by Gasteiger charge is 2.36. The van der Waals surface area contributed by atoms with E-state index in [0.29, 0.717) is 0 Å². The van der Waals surface area contributed by atoms with Crippen LogP contribution in [-0.2, 0) is 19.4 Å². The summed E-state index contributed by atoms with van der Waals surface area (Å²) < 4.78 is 29.3. The Balaban J connectivity index is 3.24. The minimum Gasteiger partial charge on any atom is -0.469 e. The number of esters is 1. The average Bonchev–Trinajstić information content (AvgIpc) is 2.25. The summed E-state index contributed by atoms with van der Waals surface area (Å²) in [5, 5.41) is 0.0707. The number of carbonyl (C=O) groups excluding carboxylic acids is 1. The monoisotopic (exact) mass is 324 g/mol. The SMILES string of the molecule is COC(=O)C(C)(C)CS(=O)(=O)c1c(Cl)cccc1Cl. The summed E-state index contributed by atoms with van der Waals surface area (Å²) in [5.41, 5.74) is -1.18. The van der Waals surface area contributed by atoms with E-state index in [1.54, 1.807) is 6.07 Å². The van der Waals surface area contributed by atoms with Crippen LogP contribution >= 0.6 is 23.2 Å². The van der Waals surface area contributed by atoms with Gasteiger partial charge in [-0.25, -0.2) is 8.42 Å². The number of halogens is 2. The lowest BCUT2D eigenvalue weighted by atomic mass is 9.97. The van der Waals surface area contributed by atoms with E-state index in [4.69, 9.17) is 23.2 Å². The van der Waals surface area contributed by atoms with E-state index in [0.717, 1.165) is 0 Å². The van der Waals surface area contributed by atoms with Gasteiger partial charge in [-0.1, -0.05) is 29.3 Å². The number of carbonyl (C=O) groups is 1. The molecule has 0 aliphatic carbocycles. The molecular formula is C12H14Cl2O4S. The van der Waals surface area contributed by atoms with Crippen LogP contribution in [0, 0.1) is 5.41 Å². The van der Waals surface area contributed by atoms with Crippen LogP contribution in [0.3, 0.4) is 0 Å². The van der Waals surface area contributed by atoms with Crippen LogP contribution in [0.5, 0.6) is 0 Å². The van der Waals surface area contributed by atoms with Crippen molar-refractivity contribution in [3.63, 3.8) is 0 Å². The van der Waals surface area contributed by atoms with Crippen LogP contribution in [0.1, 0.15) is 13.8 Å². The molecule has 0 fully saturated rings. The Morgan fingerprint density at radius 2 is 1.74 bits per heavy atom. The largest absolute Gasteiger partial charge is 0.469 e. The molecule has 19 heavy (non-hydrogen) atoms. The number of methoxy groups -OCH3 is 1. The minimum atomic E-state index is -3.80. The third-order valence-electron chi connectivity index (χ3n) is 2.52. The summed E-state index contributed by atoms with van der Waals surface area (Å²) in [6.07, 6.45) is 0. The fourth-order valence-corrected chi connectivity index (χ4v) is 4.71. The van der Waals surface area contributed by atoms with Crippen molar-refractivity contribution in [3.05, 3.63) is 28.2 Å². The molecule has 0 unspecified atom stereocenters. The Morgan fingerprint density at radius 1 is 1.26 bits per heavy atom. The Morgan fingerprint density at radius 3 is 2.16 bits per heavy atom. The first-order valence-electron chi connectivity index (χ1n) is 5.37. The lowest BCUT2D eigenvalue weighted by Crippen LogP contribution is -2.33. The second-order valence-corrected chi connectivity index (χ2v) is 7.43. The van der Waals surface area contributed by atoms with Crippen LogP contribution in [-0.4, -0.2) is 27.2 Å². The molecule has 1 rings (SSSR count). The normalized spacial score (nSPS) is 12.3. The zero-order chi connectivity index (χ0) is 14.8. The number of sulfone groups is 1. The summed E-state index contributed by atoms with van der Waals surface area (Å²) in [6.45, 7) is 2.97. The second-order valence-electron chi connectivity index (χ2n) is 4.69. The zero-order valence-corrected chi connectivity index (χ0v) is 13.1. The summed E-state index contributed by atoms with van der Waals surface area (Å²) in [7, 11) is -2.59. The summed E-state index contributed by atoms with van der Waals surface area (Å²) in [5.74, 6) is -1.05. The first kappa shape index (κ1) is 16.3. The number of rotatable bonds is 4. The van der Waals surface area contributed by atoms with E-state index >= 15 is 0 Å². The van der Waals surface area contributed by atoms with Gasteiger partial charge in [0.25, 0.3) is 0 Å². The van der Waals surface area contributed by atoms with Gasteiger partial charge in [0, 0.05) is 0 Å². The highest BCUT2D eigenvalue weighted by molar-refractivity contribution is 7.91. The van der Waals surface area contributed by atoms with Gasteiger partial charge >= 0.3 is 5.97 Å². The topological polar surface area (TPSA) is 60.4 Å². The van der Waals surface area contributed by atoms with Gasteiger partial charge in [0.2, 0.25) is 0 Å². The molecular weight excluding hydrogens is 311 g/mol. The Labute approximate surface area is 122 Å². The first-order valence-corrected chi connectivity index (χ1v) is 7.78. The smallest absolute Gasteiger partial charge is 0.312 e. The molecule has 0 saturated carbocycles. The molecule has 0 spiro atoms.